The van der Waals surface area contributed by atoms with E-state index in [2.05, 4.69) is 33.3 Å². The number of carbonyl (C=O) groups excluding carboxylic acids is 1. The Morgan fingerprint density at radius 2 is 2.14 bits per heavy atom. The highest BCUT2D eigenvalue weighted by Crippen LogP contribution is 2.24. The van der Waals surface area contributed by atoms with Gasteiger partial charge in [0.2, 0.25) is 5.91 Å². The number of nitrogens with zero attached hydrogens (tertiary/aromatic N) is 3. The van der Waals surface area contributed by atoms with Gasteiger partial charge in [0.05, 0.1) is 11.7 Å². The van der Waals surface area contributed by atoms with Crippen LogP contribution in [-0.4, -0.2) is 53.1 Å². The molecule has 1 aromatic carbocycles. The van der Waals surface area contributed by atoms with Crippen LogP contribution in [0.15, 0.2) is 24.4 Å². The highest BCUT2D eigenvalue weighted by atomic mass is 16.2. The average Bonchev–Trinajstić information content (AvgIpc) is 2.98. The van der Waals surface area contributed by atoms with E-state index in [1.54, 1.807) is 4.90 Å². The SMILES string of the molecule is CN(C)C(=O)CC1CCN(Cc2cccc3cn[nH]c23)CC1. The number of aromatic nitrogens is 2. The van der Waals surface area contributed by atoms with Crippen molar-refractivity contribution in [2.45, 2.75) is 25.8 Å². The van der Waals surface area contributed by atoms with E-state index in [0.29, 0.717) is 12.3 Å². The highest BCUT2D eigenvalue weighted by Gasteiger charge is 2.22. The first-order valence-electron chi connectivity index (χ1n) is 7.97. The number of amides is 1. The summed E-state index contributed by atoms with van der Waals surface area (Å²) < 4.78 is 0. The van der Waals surface area contributed by atoms with Crippen molar-refractivity contribution >= 4 is 16.8 Å². The molecule has 1 saturated heterocycles. The molecule has 5 nitrogen and oxygen atoms in total. The third-order valence-electron chi connectivity index (χ3n) is 4.63. The molecule has 1 aliphatic heterocycles. The number of hydrogen-bond donors (Lipinski definition) is 1. The van der Waals surface area contributed by atoms with E-state index in [0.717, 1.165) is 38.0 Å². The van der Waals surface area contributed by atoms with E-state index >= 15 is 0 Å². The lowest BCUT2D eigenvalue weighted by Crippen LogP contribution is -2.35. The van der Waals surface area contributed by atoms with Crippen molar-refractivity contribution in [3.05, 3.63) is 30.0 Å². The molecule has 1 aliphatic rings. The number of benzene rings is 1. The molecule has 2 heterocycles. The minimum atomic E-state index is 0.251. The number of rotatable bonds is 4. The summed E-state index contributed by atoms with van der Waals surface area (Å²) in [5.41, 5.74) is 2.45. The summed E-state index contributed by atoms with van der Waals surface area (Å²) in [6, 6.07) is 6.35. The molecule has 0 saturated carbocycles. The predicted octanol–water partition coefficient (Wildman–Crippen LogP) is 2.25. The first kappa shape index (κ1) is 15.0. The number of hydrogen-bond acceptors (Lipinski definition) is 3. The maximum atomic E-state index is 11.8. The number of nitrogens with one attached hydrogen (secondary N) is 1. The van der Waals surface area contributed by atoms with Gasteiger partial charge in [-0.1, -0.05) is 18.2 Å². The molecule has 0 bridgehead atoms. The summed E-state index contributed by atoms with van der Waals surface area (Å²) >= 11 is 0. The summed E-state index contributed by atoms with van der Waals surface area (Å²) in [6.07, 6.45) is 4.78. The van der Waals surface area contributed by atoms with Gasteiger partial charge in [-0.15, -0.1) is 0 Å². The average molecular weight is 300 g/mol. The van der Waals surface area contributed by atoms with E-state index in [9.17, 15) is 4.79 Å². The molecular weight excluding hydrogens is 276 g/mol. The molecule has 0 atom stereocenters. The van der Waals surface area contributed by atoms with E-state index in [1.165, 1.54) is 10.9 Å². The fourth-order valence-electron chi connectivity index (χ4n) is 3.18. The number of piperidine rings is 1. The Balaban J connectivity index is 1.56. The lowest BCUT2D eigenvalue weighted by molar-refractivity contribution is -0.130. The van der Waals surface area contributed by atoms with Crippen molar-refractivity contribution in [1.29, 1.82) is 0 Å². The maximum absolute atomic E-state index is 11.8. The van der Waals surface area contributed by atoms with Crippen molar-refractivity contribution in [3.8, 4) is 0 Å². The largest absolute Gasteiger partial charge is 0.349 e. The molecule has 118 valence electrons. The van der Waals surface area contributed by atoms with Gasteiger partial charge in [-0.05, 0) is 37.4 Å². The molecule has 2 aromatic rings. The normalized spacial score (nSPS) is 17.0. The van der Waals surface area contributed by atoms with Crippen molar-refractivity contribution < 1.29 is 4.79 Å². The van der Waals surface area contributed by atoms with Crippen molar-refractivity contribution in [2.75, 3.05) is 27.2 Å². The van der Waals surface area contributed by atoms with Gasteiger partial charge in [-0.25, -0.2) is 0 Å². The monoisotopic (exact) mass is 300 g/mol. The maximum Gasteiger partial charge on any atom is 0.222 e. The summed E-state index contributed by atoms with van der Waals surface area (Å²) in [6.45, 7) is 3.08. The van der Waals surface area contributed by atoms with Crippen LogP contribution in [0.3, 0.4) is 0 Å². The van der Waals surface area contributed by atoms with Gasteiger partial charge < -0.3 is 4.90 Å². The summed E-state index contributed by atoms with van der Waals surface area (Å²) in [4.78, 5) is 16.0. The Morgan fingerprint density at radius 3 is 2.86 bits per heavy atom. The van der Waals surface area contributed by atoms with Crippen LogP contribution in [0.4, 0.5) is 0 Å². The van der Waals surface area contributed by atoms with Crippen LogP contribution in [0.1, 0.15) is 24.8 Å². The number of aromatic amines is 1. The molecule has 0 unspecified atom stereocenters. The summed E-state index contributed by atoms with van der Waals surface area (Å²) in [5, 5.41) is 8.40. The first-order chi connectivity index (χ1) is 10.6. The zero-order chi connectivity index (χ0) is 15.5. The lowest BCUT2D eigenvalue weighted by Gasteiger charge is -2.32. The van der Waals surface area contributed by atoms with E-state index in [4.69, 9.17) is 0 Å². The van der Waals surface area contributed by atoms with E-state index in [-0.39, 0.29) is 5.91 Å². The highest BCUT2D eigenvalue weighted by molar-refractivity contribution is 5.81. The topological polar surface area (TPSA) is 52.2 Å². The summed E-state index contributed by atoms with van der Waals surface area (Å²) in [7, 11) is 3.67. The van der Waals surface area contributed by atoms with Gasteiger partial charge in [0.1, 0.15) is 0 Å². The van der Waals surface area contributed by atoms with Crippen molar-refractivity contribution in [1.82, 2.24) is 20.0 Å². The Kier molecular flexibility index (Phi) is 4.43. The second-order valence-electron chi connectivity index (χ2n) is 6.46. The quantitative estimate of drug-likeness (QED) is 0.942. The van der Waals surface area contributed by atoms with Crippen LogP contribution >= 0.6 is 0 Å². The molecule has 0 spiro atoms. The number of fused-ring (bicyclic) bond motifs is 1. The fraction of sp³-hybridized carbons (Fsp3) is 0.529. The first-order valence-corrected chi connectivity index (χ1v) is 7.97. The molecule has 1 amide bonds. The van der Waals surface area contributed by atoms with Crippen LogP contribution in [0.2, 0.25) is 0 Å². The number of para-hydroxylation sites is 1. The molecule has 1 aromatic heterocycles. The molecule has 5 heteroatoms. The molecule has 1 fully saturated rings. The second kappa shape index (κ2) is 6.48. The van der Waals surface area contributed by atoms with Crippen LogP contribution in [0.5, 0.6) is 0 Å². The smallest absolute Gasteiger partial charge is 0.222 e. The zero-order valence-electron chi connectivity index (χ0n) is 13.4. The van der Waals surface area contributed by atoms with Gasteiger partial charge in [0.25, 0.3) is 0 Å². The zero-order valence-corrected chi connectivity index (χ0v) is 13.4. The molecule has 3 rings (SSSR count). The molecule has 22 heavy (non-hydrogen) atoms. The third kappa shape index (κ3) is 3.30. The van der Waals surface area contributed by atoms with Crippen molar-refractivity contribution in [3.63, 3.8) is 0 Å². The van der Waals surface area contributed by atoms with Gasteiger partial charge in [-0.2, -0.15) is 5.10 Å². The van der Waals surface area contributed by atoms with E-state index < -0.39 is 0 Å². The Hall–Kier alpha value is -1.88. The van der Waals surface area contributed by atoms with Crippen molar-refractivity contribution in [2.24, 2.45) is 5.92 Å². The predicted molar refractivity (Wildman–Crippen MR) is 87.4 cm³/mol. The van der Waals surface area contributed by atoms with Crippen LogP contribution in [0, 0.1) is 5.92 Å². The lowest BCUT2D eigenvalue weighted by atomic mass is 9.92. The van der Waals surface area contributed by atoms with Gasteiger partial charge in [-0.3, -0.25) is 14.8 Å². The van der Waals surface area contributed by atoms with Gasteiger partial charge >= 0.3 is 0 Å². The minimum absolute atomic E-state index is 0.251. The second-order valence-corrected chi connectivity index (χ2v) is 6.46. The number of carbonyl (C=O) groups is 1. The van der Waals surface area contributed by atoms with Crippen LogP contribution in [0.25, 0.3) is 10.9 Å². The van der Waals surface area contributed by atoms with E-state index in [1.807, 2.05) is 20.3 Å². The molecule has 0 radical (unpaired) electrons. The molecular formula is C17H24N4O. The summed E-state index contributed by atoms with van der Waals surface area (Å²) in [5.74, 6) is 0.787. The minimum Gasteiger partial charge on any atom is -0.349 e. The van der Waals surface area contributed by atoms with Crippen LogP contribution < -0.4 is 0 Å². The van der Waals surface area contributed by atoms with Gasteiger partial charge in [0, 0.05) is 32.4 Å². The number of likely N-dealkylation sites (tertiary alicyclic amines) is 1. The Morgan fingerprint density at radius 1 is 1.36 bits per heavy atom. The van der Waals surface area contributed by atoms with Gasteiger partial charge in [0.15, 0.2) is 0 Å². The molecule has 0 aliphatic carbocycles. The van der Waals surface area contributed by atoms with Crippen LogP contribution in [-0.2, 0) is 11.3 Å². The fourth-order valence-corrected chi connectivity index (χ4v) is 3.18. The molecule has 1 N–H and O–H groups in total. The standard InChI is InChI=1S/C17H24N4O/c1-20(2)16(22)10-13-6-8-21(9-7-13)12-15-5-3-4-14-11-18-19-17(14)15/h3-5,11,13H,6-10,12H2,1-2H3,(H,18,19). The Labute approximate surface area is 131 Å². The number of H-pyrrole nitrogens is 1. The Bertz CT molecular complexity index is 641. The third-order valence-corrected chi connectivity index (χ3v) is 4.63.